The zero-order chi connectivity index (χ0) is 22.1. The molecule has 2 aromatic rings. The Morgan fingerprint density at radius 1 is 0.900 bits per heavy atom. The highest BCUT2D eigenvalue weighted by molar-refractivity contribution is 6.05. The molecule has 0 aromatic heterocycles. The molecule has 1 N–H and O–H groups in total. The number of carbonyl (C=O) groups is 3. The van der Waals surface area contributed by atoms with E-state index in [2.05, 4.69) is 4.74 Å². The maximum absolute atomic E-state index is 12.1. The van der Waals surface area contributed by atoms with Crippen molar-refractivity contribution in [2.75, 3.05) is 13.2 Å². The van der Waals surface area contributed by atoms with Gasteiger partial charge in [0.2, 0.25) is 0 Å². The predicted octanol–water partition coefficient (Wildman–Crippen LogP) is 3.44. The molecule has 0 fully saturated rings. The number of halogens is 2. The largest absolute Gasteiger partial charge is 0.493 e. The van der Waals surface area contributed by atoms with E-state index in [0.29, 0.717) is 18.3 Å². The molecule has 2 amide bonds. The van der Waals surface area contributed by atoms with Gasteiger partial charge in [0, 0.05) is 5.56 Å². The maximum atomic E-state index is 12.1. The van der Waals surface area contributed by atoms with Gasteiger partial charge in [0.05, 0.1) is 12.2 Å². The first kappa shape index (κ1) is 22.8. The number of alkyl halides is 2. The van der Waals surface area contributed by atoms with Crippen molar-refractivity contribution in [3.63, 3.8) is 0 Å². The van der Waals surface area contributed by atoms with E-state index >= 15 is 0 Å². The Labute approximate surface area is 171 Å². The van der Waals surface area contributed by atoms with Crippen LogP contribution in [0.3, 0.4) is 0 Å². The smallest absolute Gasteiger partial charge is 0.387 e. The zero-order valence-corrected chi connectivity index (χ0v) is 16.4. The number of esters is 1. The van der Waals surface area contributed by atoms with E-state index < -0.39 is 31.0 Å². The van der Waals surface area contributed by atoms with Gasteiger partial charge in [-0.15, -0.1) is 0 Å². The van der Waals surface area contributed by atoms with Gasteiger partial charge < -0.3 is 14.2 Å². The van der Waals surface area contributed by atoms with Crippen molar-refractivity contribution in [2.24, 2.45) is 5.92 Å². The molecule has 7 nitrogen and oxygen atoms in total. The summed E-state index contributed by atoms with van der Waals surface area (Å²) in [6.07, 6.45) is 0. The number of benzene rings is 2. The monoisotopic (exact) mass is 421 g/mol. The van der Waals surface area contributed by atoms with Gasteiger partial charge in [-0.25, -0.2) is 4.79 Å². The standard InChI is InChI=1S/C21H21F2NO6/c1-13(2)11-28-16-7-5-15(6-8-16)20(27)29-12-18(25)24-19(26)14-3-9-17(10-4-14)30-21(22)23/h3-10,13,21H,11-12H2,1-2H3,(H,24,25,26). The first-order chi connectivity index (χ1) is 14.2. The molecule has 2 rings (SSSR count). The fourth-order valence-electron chi connectivity index (χ4n) is 2.19. The Kier molecular flexibility index (Phi) is 8.28. The normalized spacial score (nSPS) is 10.6. The first-order valence-corrected chi connectivity index (χ1v) is 9.03. The number of carbonyl (C=O) groups excluding carboxylic acids is 3. The van der Waals surface area contributed by atoms with E-state index in [1.807, 2.05) is 19.2 Å². The van der Waals surface area contributed by atoms with Crippen molar-refractivity contribution in [3.05, 3.63) is 59.7 Å². The number of ether oxygens (including phenoxy) is 3. The van der Waals surface area contributed by atoms with Gasteiger partial charge in [-0.1, -0.05) is 13.8 Å². The number of amides is 2. The minimum absolute atomic E-state index is 0.0493. The quantitative estimate of drug-likeness (QED) is 0.624. The average Bonchev–Trinajstić information content (AvgIpc) is 2.71. The first-order valence-electron chi connectivity index (χ1n) is 9.03. The van der Waals surface area contributed by atoms with Crippen LogP contribution in [0.25, 0.3) is 0 Å². The predicted molar refractivity (Wildman–Crippen MR) is 103 cm³/mol. The van der Waals surface area contributed by atoms with Crippen LogP contribution in [-0.2, 0) is 9.53 Å². The van der Waals surface area contributed by atoms with Crippen molar-refractivity contribution in [1.82, 2.24) is 5.32 Å². The summed E-state index contributed by atoms with van der Waals surface area (Å²) in [5.41, 5.74) is 0.272. The van der Waals surface area contributed by atoms with E-state index in [-0.39, 0.29) is 16.9 Å². The lowest BCUT2D eigenvalue weighted by Gasteiger charge is -2.09. The highest BCUT2D eigenvalue weighted by Gasteiger charge is 2.14. The summed E-state index contributed by atoms with van der Waals surface area (Å²) in [5.74, 6) is -1.50. The second-order valence-electron chi connectivity index (χ2n) is 6.59. The molecule has 0 bridgehead atoms. The van der Waals surface area contributed by atoms with Crippen molar-refractivity contribution in [2.45, 2.75) is 20.5 Å². The molecule has 0 heterocycles. The van der Waals surface area contributed by atoms with E-state index in [9.17, 15) is 23.2 Å². The van der Waals surface area contributed by atoms with Crippen LogP contribution in [0.4, 0.5) is 8.78 Å². The lowest BCUT2D eigenvalue weighted by molar-refractivity contribution is -0.123. The van der Waals surface area contributed by atoms with Crippen molar-refractivity contribution >= 4 is 17.8 Å². The third-order valence-corrected chi connectivity index (χ3v) is 3.60. The van der Waals surface area contributed by atoms with Crippen LogP contribution in [-0.4, -0.2) is 37.6 Å². The Morgan fingerprint density at radius 3 is 2.03 bits per heavy atom. The number of nitrogens with one attached hydrogen (secondary N) is 1. The summed E-state index contributed by atoms with van der Waals surface area (Å²) < 4.78 is 38.8. The van der Waals surface area contributed by atoms with Crippen LogP contribution in [0, 0.1) is 5.92 Å². The molecule has 0 saturated heterocycles. The molecular formula is C21H21F2NO6. The van der Waals surface area contributed by atoms with Crippen molar-refractivity contribution < 1.29 is 37.4 Å². The van der Waals surface area contributed by atoms with Gasteiger partial charge in [0.15, 0.2) is 6.61 Å². The van der Waals surface area contributed by atoms with Crippen LogP contribution < -0.4 is 14.8 Å². The minimum atomic E-state index is -2.98. The highest BCUT2D eigenvalue weighted by atomic mass is 19.3. The van der Waals surface area contributed by atoms with E-state index in [4.69, 9.17) is 9.47 Å². The summed E-state index contributed by atoms with van der Waals surface area (Å²) in [7, 11) is 0. The Bertz CT molecular complexity index is 866. The van der Waals surface area contributed by atoms with Gasteiger partial charge in [-0.05, 0) is 54.4 Å². The molecule has 9 heteroatoms. The van der Waals surface area contributed by atoms with Gasteiger partial charge in [-0.3, -0.25) is 14.9 Å². The third-order valence-electron chi connectivity index (χ3n) is 3.60. The fourth-order valence-corrected chi connectivity index (χ4v) is 2.19. The number of hydrogen-bond acceptors (Lipinski definition) is 6. The second-order valence-corrected chi connectivity index (χ2v) is 6.59. The summed E-state index contributed by atoms with van der Waals surface area (Å²) in [4.78, 5) is 35.8. The molecule has 0 aliphatic heterocycles. The lowest BCUT2D eigenvalue weighted by Crippen LogP contribution is -2.34. The molecule has 0 unspecified atom stereocenters. The molecule has 0 atom stereocenters. The topological polar surface area (TPSA) is 90.9 Å². The highest BCUT2D eigenvalue weighted by Crippen LogP contribution is 2.15. The third kappa shape index (κ3) is 7.50. The molecule has 0 spiro atoms. The van der Waals surface area contributed by atoms with E-state index in [1.165, 1.54) is 36.4 Å². The molecule has 0 aliphatic rings. The second kappa shape index (κ2) is 10.9. The molecular weight excluding hydrogens is 400 g/mol. The van der Waals surface area contributed by atoms with Gasteiger partial charge in [0.25, 0.3) is 11.8 Å². The molecule has 2 aromatic carbocycles. The van der Waals surface area contributed by atoms with Crippen LogP contribution in [0.1, 0.15) is 34.6 Å². The van der Waals surface area contributed by atoms with Gasteiger partial charge in [-0.2, -0.15) is 8.78 Å². The lowest BCUT2D eigenvalue weighted by atomic mass is 10.2. The van der Waals surface area contributed by atoms with Crippen LogP contribution >= 0.6 is 0 Å². The van der Waals surface area contributed by atoms with E-state index in [1.54, 1.807) is 12.1 Å². The maximum Gasteiger partial charge on any atom is 0.387 e. The number of rotatable bonds is 9. The SMILES string of the molecule is CC(C)COc1ccc(C(=O)OCC(=O)NC(=O)c2ccc(OC(F)F)cc2)cc1. The number of hydrogen-bond donors (Lipinski definition) is 1. The van der Waals surface area contributed by atoms with Gasteiger partial charge >= 0.3 is 12.6 Å². The Balaban J connectivity index is 1.80. The molecule has 160 valence electrons. The van der Waals surface area contributed by atoms with Gasteiger partial charge in [0.1, 0.15) is 11.5 Å². The molecule has 0 aliphatic carbocycles. The summed E-state index contributed by atoms with van der Waals surface area (Å²) >= 11 is 0. The minimum Gasteiger partial charge on any atom is -0.493 e. The average molecular weight is 421 g/mol. The Hall–Kier alpha value is -3.49. The Morgan fingerprint density at radius 2 is 1.47 bits per heavy atom. The molecule has 30 heavy (non-hydrogen) atoms. The van der Waals surface area contributed by atoms with Crippen LogP contribution in [0.5, 0.6) is 11.5 Å². The van der Waals surface area contributed by atoms with Crippen molar-refractivity contribution in [3.8, 4) is 11.5 Å². The van der Waals surface area contributed by atoms with Crippen LogP contribution in [0.2, 0.25) is 0 Å². The zero-order valence-electron chi connectivity index (χ0n) is 16.4. The van der Waals surface area contributed by atoms with E-state index in [0.717, 1.165) is 0 Å². The summed E-state index contributed by atoms with van der Waals surface area (Å²) in [6, 6.07) is 11.0. The molecule has 0 saturated carbocycles. The van der Waals surface area contributed by atoms with Crippen LogP contribution in [0.15, 0.2) is 48.5 Å². The van der Waals surface area contributed by atoms with Crippen molar-refractivity contribution in [1.29, 1.82) is 0 Å². The fraction of sp³-hybridized carbons (Fsp3) is 0.286. The number of imide groups is 1. The summed E-state index contributed by atoms with van der Waals surface area (Å²) in [6.45, 7) is 0.921. The summed E-state index contributed by atoms with van der Waals surface area (Å²) in [5, 5.41) is 2.04. The molecule has 0 radical (unpaired) electrons.